The van der Waals surface area contributed by atoms with Crippen molar-refractivity contribution in [2.24, 2.45) is 0 Å². The summed E-state index contributed by atoms with van der Waals surface area (Å²) < 4.78 is 71.4. The third-order valence-corrected chi connectivity index (χ3v) is 7.82. The van der Waals surface area contributed by atoms with E-state index in [-0.39, 0.29) is 39.5 Å². The number of imidazole rings is 1. The van der Waals surface area contributed by atoms with Gasteiger partial charge in [0.1, 0.15) is 11.6 Å². The summed E-state index contributed by atoms with van der Waals surface area (Å²) in [4.78, 5) is 4.34. The molecule has 1 unspecified atom stereocenters. The molecule has 0 aliphatic carbocycles. The number of aromatic nitrogens is 2. The number of hydrogen-bond acceptors (Lipinski definition) is 2. The van der Waals surface area contributed by atoms with Gasteiger partial charge in [0.2, 0.25) is 0 Å². The van der Waals surface area contributed by atoms with Crippen LogP contribution in [0.15, 0.2) is 66.0 Å². The van der Waals surface area contributed by atoms with Crippen LogP contribution in [0.3, 0.4) is 0 Å². The van der Waals surface area contributed by atoms with Gasteiger partial charge in [0, 0.05) is 28.2 Å². The van der Waals surface area contributed by atoms with Crippen LogP contribution < -0.4 is 0 Å². The van der Waals surface area contributed by atoms with E-state index in [1.54, 1.807) is 18.2 Å². The fourth-order valence-electron chi connectivity index (χ4n) is 3.86. The van der Waals surface area contributed by atoms with Crippen molar-refractivity contribution in [2.75, 3.05) is 0 Å². The Bertz CT molecular complexity index is 1420. The van der Waals surface area contributed by atoms with Gasteiger partial charge in [-0.25, -0.2) is 13.8 Å². The van der Waals surface area contributed by atoms with Crippen molar-refractivity contribution < 1.29 is 22.0 Å². The van der Waals surface area contributed by atoms with Crippen molar-refractivity contribution in [3.8, 4) is 5.69 Å². The zero-order valence-electron chi connectivity index (χ0n) is 19.1. The average molecular weight is 592 g/mol. The van der Waals surface area contributed by atoms with Gasteiger partial charge in [-0.2, -0.15) is 13.2 Å². The first kappa shape index (κ1) is 27.8. The van der Waals surface area contributed by atoms with Gasteiger partial charge in [-0.1, -0.05) is 65.6 Å². The Kier molecular flexibility index (Phi) is 8.43. The molecule has 2 nitrogen and oxygen atoms in total. The maximum absolute atomic E-state index is 14.3. The minimum absolute atomic E-state index is 0.0207. The molecule has 3 aromatic carbocycles. The highest BCUT2D eigenvalue weighted by Crippen LogP contribution is 2.38. The molecule has 0 bridgehead atoms. The fraction of sp³-hybridized carbons (Fsp3) is 0.192. The van der Waals surface area contributed by atoms with Crippen LogP contribution in [0.25, 0.3) is 5.69 Å². The first-order valence-electron chi connectivity index (χ1n) is 10.9. The molecule has 194 valence electrons. The van der Waals surface area contributed by atoms with Gasteiger partial charge < -0.3 is 0 Å². The molecule has 1 aromatic heterocycles. The Morgan fingerprint density at radius 2 is 1.70 bits per heavy atom. The van der Waals surface area contributed by atoms with E-state index in [0.29, 0.717) is 21.8 Å². The lowest BCUT2D eigenvalue weighted by molar-refractivity contribution is -0.137. The minimum atomic E-state index is -4.83. The fourth-order valence-corrected chi connectivity index (χ4v) is 5.51. The molecule has 0 saturated heterocycles. The summed E-state index contributed by atoms with van der Waals surface area (Å²) in [5.41, 5.74) is 0.0247. The van der Waals surface area contributed by atoms with Gasteiger partial charge in [-0.05, 0) is 60.4 Å². The summed E-state index contributed by atoms with van der Waals surface area (Å²) in [6, 6.07) is 11.8. The molecule has 4 rings (SSSR count). The standard InChI is InChI=1S/C26H18Cl3F5N2S/c1-14(15-5-7-21(28)22(29)10-15)9-17-12-35-25(37-13-18-20(27)3-2-4-23(18)31)36(17)24-8-6-16(30)11-19(24)26(32,33)34/h2-8,10-12,14H,9,13H2,1H3. The van der Waals surface area contributed by atoms with E-state index in [1.807, 2.05) is 6.92 Å². The highest BCUT2D eigenvalue weighted by Gasteiger charge is 2.35. The van der Waals surface area contributed by atoms with E-state index in [1.165, 1.54) is 29.0 Å². The molecule has 0 fully saturated rings. The van der Waals surface area contributed by atoms with Gasteiger partial charge in [0.25, 0.3) is 0 Å². The zero-order chi connectivity index (χ0) is 26.9. The first-order chi connectivity index (χ1) is 17.5. The third kappa shape index (κ3) is 6.25. The lowest BCUT2D eigenvalue weighted by Gasteiger charge is -2.20. The smallest absolute Gasteiger partial charge is 0.291 e. The minimum Gasteiger partial charge on any atom is -0.291 e. The third-order valence-electron chi connectivity index (χ3n) is 5.74. The van der Waals surface area contributed by atoms with Crippen LogP contribution in [0.4, 0.5) is 22.0 Å². The van der Waals surface area contributed by atoms with Gasteiger partial charge in [0.15, 0.2) is 5.16 Å². The van der Waals surface area contributed by atoms with Gasteiger partial charge in [0.05, 0.1) is 21.3 Å². The summed E-state index contributed by atoms with van der Waals surface area (Å²) in [6.45, 7) is 1.89. The molecule has 0 aliphatic rings. The SMILES string of the molecule is CC(Cc1cnc(SCc2c(F)cccc2Cl)n1-c1ccc(F)cc1C(F)(F)F)c1ccc(Cl)c(Cl)c1. The van der Waals surface area contributed by atoms with Crippen LogP contribution in [0, 0.1) is 11.6 Å². The molecule has 0 amide bonds. The maximum Gasteiger partial charge on any atom is 0.418 e. The van der Waals surface area contributed by atoms with E-state index >= 15 is 0 Å². The molecule has 4 aromatic rings. The molecular weight excluding hydrogens is 574 g/mol. The molecule has 11 heteroatoms. The second kappa shape index (κ2) is 11.2. The molecule has 0 saturated carbocycles. The highest BCUT2D eigenvalue weighted by atomic mass is 35.5. The average Bonchev–Trinajstić information content (AvgIpc) is 3.22. The summed E-state index contributed by atoms with van der Waals surface area (Å²) in [5, 5.41) is 1.11. The van der Waals surface area contributed by atoms with Crippen molar-refractivity contribution in [3.63, 3.8) is 0 Å². The molecule has 0 aliphatic heterocycles. The first-order valence-corrected chi connectivity index (χ1v) is 13.0. The van der Waals surface area contributed by atoms with E-state index in [2.05, 4.69) is 4.98 Å². The monoisotopic (exact) mass is 590 g/mol. The van der Waals surface area contributed by atoms with Crippen molar-refractivity contribution >= 4 is 46.6 Å². The second-order valence-corrected chi connectivity index (χ2v) is 10.5. The molecule has 1 heterocycles. The molecule has 0 N–H and O–H groups in total. The molecule has 0 spiro atoms. The second-order valence-electron chi connectivity index (χ2n) is 8.29. The lowest BCUT2D eigenvalue weighted by atomic mass is 9.96. The van der Waals surface area contributed by atoms with E-state index in [0.717, 1.165) is 29.5 Å². The van der Waals surface area contributed by atoms with Crippen LogP contribution in [0.1, 0.15) is 35.2 Å². The number of hydrogen-bond donors (Lipinski definition) is 0. The Hall–Kier alpha value is -2.26. The van der Waals surface area contributed by atoms with Crippen LogP contribution in [0.5, 0.6) is 0 Å². The summed E-state index contributed by atoms with van der Waals surface area (Å²) in [5.74, 6) is -1.72. The topological polar surface area (TPSA) is 17.8 Å². The van der Waals surface area contributed by atoms with Gasteiger partial charge >= 0.3 is 6.18 Å². The van der Waals surface area contributed by atoms with Crippen molar-refractivity contribution in [3.05, 3.63) is 110 Å². The highest BCUT2D eigenvalue weighted by molar-refractivity contribution is 7.98. The number of alkyl halides is 3. The lowest BCUT2D eigenvalue weighted by Crippen LogP contribution is -2.14. The van der Waals surface area contributed by atoms with Crippen molar-refractivity contribution in [1.82, 2.24) is 9.55 Å². The van der Waals surface area contributed by atoms with Crippen LogP contribution in [-0.2, 0) is 18.3 Å². The number of rotatable bonds is 7. The van der Waals surface area contributed by atoms with E-state index < -0.39 is 23.4 Å². The predicted octanol–water partition coefficient (Wildman–Crippen LogP) is 9.77. The summed E-state index contributed by atoms with van der Waals surface area (Å²) >= 11 is 19.3. The van der Waals surface area contributed by atoms with Gasteiger partial charge in [-0.3, -0.25) is 4.57 Å². The van der Waals surface area contributed by atoms with Crippen molar-refractivity contribution in [2.45, 2.75) is 36.3 Å². The Labute approximate surface area is 229 Å². The quantitative estimate of drug-likeness (QED) is 0.157. The van der Waals surface area contributed by atoms with Crippen LogP contribution >= 0.6 is 46.6 Å². The molecule has 37 heavy (non-hydrogen) atoms. The van der Waals surface area contributed by atoms with Gasteiger partial charge in [-0.15, -0.1) is 0 Å². The Morgan fingerprint density at radius 1 is 0.946 bits per heavy atom. The predicted molar refractivity (Wildman–Crippen MR) is 138 cm³/mol. The Balaban J connectivity index is 1.78. The number of benzene rings is 3. The van der Waals surface area contributed by atoms with Crippen molar-refractivity contribution in [1.29, 1.82) is 0 Å². The number of nitrogens with zero attached hydrogens (tertiary/aromatic N) is 2. The largest absolute Gasteiger partial charge is 0.418 e. The zero-order valence-corrected chi connectivity index (χ0v) is 22.2. The Morgan fingerprint density at radius 3 is 2.38 bits per heavy atom. The van der Waals surface area contributed by atoms with Crippen LogP contribution in [0.2, 0.25) is 15.1 Å². The van der Waals surface area contributed by atoms with Crippen LogP contribution in [-0.4, -0.2) is 9.55 Å². The number of thioether (sulfide) groups is 1. The summed E-state index contributed by atoms with van der Waals surface area (Å²) in [6.07, 6.45) is -3.09. The molecule has 1 atom stereocenters. The number of halogens is 8. The molecular formula is C26H18Cl3F5N2S. The molecule has 0 radical (unpaired) electrons. The van der Waals surface area contributed by atoms with E-state index in [4.69, 9.17) is 34.8 Å². The summed E-state index contributed by atoms with van der Waals surface area (Å²) in [7, 11) is 0. The normalized spacial score (nSPS) is 12.7. The van der Waals surface area contributed by atoms with E-state index in [9.17, 15) is 22.0 Å². The maximum atomic E-state index is 14.3.